The van der Waals surface area contributed by atoms with Crippen LogP contribution in [-0.2, 0) is 4.79 Å². The van der Waals surface area contributed by atoms with Crippen molar-refractivity contribution in [2.24, 2.45) is 0 Å². The number of benzene rings is 2. The predicted molar refractivity (Wildman–Crippen MR) is 112 cm³/mol. The summed E-state index contributed by atoms with van der Waals surface area (Å²) < 4.78 is 14.3. The van der Waals surface area contributed by atoms with Gasteiger partial charge in [-0.15, -0.1) is 0 Å². The fourth-order valence-electron chi connectivity index (χ4n) is 4.18. The van der Waals surface area contributed by atoms with Crippen molar-refractivity contribution in [1.29, 1.82) is 0 Å². The molecular formula is C23H26FN3O2. The van der Waals surface area contributed by atoms with E-state index in [2.05, 4.69) is 5.32 Å². The molecule has 0 radical (unpaired) electrons. The third-order valence-corrected chi connectivity index (χ3v) is 5.69. The fraction of sp³-hybridized carbons (Fsp3) is 0.391. The summed E-state index contributed by atoms with van der Waals surface area (Å²) in [7, 11) is 0. The number of carbonyl (C=O) groups excluding carboxylic acids is 2. The minimum absolute atomic E-state index is 0.0479. The Balaban J connectivity index is 1.44. The van der Waals surface area contributed by atoms with Crippen LogP contribution in [0.4, 0.5) is 15.8 Å². The summed E-state index contributed by atoms with van der Waals surface area (Å²) >= 11 is 0. The van der Waals surface area contributed by atoms with Crippen molar-refractivity contribution in [2.75, 3.05) is 29.4 Å². The highest BCUT2D eigenvalue weighted by molar-refractivity contribution is 5.99. The van der Waals surface area contributed by atoms with Gasteiger partial charge in [-0.05, 0) is 62.1 Å². The van der Waals surface area contributed by atoms with Gasteiger partial charge >= 0.3 is 0 Å². The minimum Gasteiger partial charge on any atom is -0.367 e. The van der Waals surface area contributed by atoms with Crippen LogP contribution in [0.5, 0.6) is 0 Å². The number of amides is 2. The topological polar surface area (TPSA) is 52.7 Å². The second-order valence-electron chi connectivity index (χ2n) is 7.91. The first kappa shape index (κ1) is 19.4. The first-order valence-corrected chi connectivity index (χ1v) is 10.2. The quantitative estimate of drug-likeness (QED) is 0.860. The lowest BCUT2D eigenvalue weighted by molar-refractivity contribution is -0.117. The van der Waals surface area contributed by atoms with Crippen molar-refractivity contribution >= 4 is 23.2 Å². The number of hydrogen-bond donors (Lipinski definition) is 1. The molecule has 2 aromatic carbocycles. The van der Waals surface area contributed by atoms with Crippen molar-refractivity contribution in [3.8, 4) is 0 Å². The van der Waals surface area contributed by atoms with E-state index in [0.29, 0.717) is 30.8 Å². The molecule has 4 rings (SSSR count). The molecule has 5 nitrogen and oxygen atoms in total. The summed E-state index contributed by atoms with van der Waals surface area (Å²) in [5.41, 5.74) is 2.92. The van der Waals surface area contributed by atoms with E-state index in [9.17, 15) is 14.0 Å². The number of nitrogens with one attached hydrogen (secondary N) is 1. The molecule has 0 aliphatic carbocycles. The monoisotopic (exact) mass is 395 g/mol. The number of anilines is 2. The largest absolute Gasteiger partial charge is 0.367 e. The van der Waals surface area contributed by atoms with Gasteiger partial charge in [-0.1, -0.05) is 12.1 Å². The molecule has 1 unspecified atom stereocenters. The molecule has 0 saturated carbocycles. The Kier molecular flexibility index (Phi) is 5.51. The normalized spacial score (nSPS) is 19.5. The van der Waals surface area contributed by atoms with E-state index in [1.165, 1.54) is 6.07 Å². The van der Waals surface area contributed by atoms with Gasteiger partial charge in [0.1, 0.15) is 5.82 Å². The van der Waals surface area contributed by atoms with E-state index in [4.69, 9.17) is 0 Å². The minimum atomic E-state index is -0.231. The number of hydrogen-bond acceptors (Lipinski definition) is 3. The lowest BCUT2D eigenvalue weighted by Gasteiger charge is -2.35. The third kappa shape index (κ3) is 4.26. The first-order valence-electron chi connectivity index (χ1n) is 10.2. The van der Waals surface area contributed by atoms with Crippen LogP contribution in [0.2, 0.25) is 0 Å². The Bertz CT molecular complexity index is 930. The number of rotatable bonds is 4. The van der Waals surface area contributed by atoms with E-state index in [-0.39, 0.29) is 23.7 Å². The molecule has 2 aliphatic rings. The summed E-state index contributed by atoms with van der Waals surface area (Å²) in [6.45, 7) is 4.00. The molecule has 2 heterocycles. The number of carbonyl (C=O) groups is 2. The smallest absolute Gasteiger partial charge is 0.251 e. The van der Waals surface area contributed by atoms with E-state index in [1.54, 1.807) is 23.1 Å². The molecule has 152 valence electrons. The lowest BCUT2D eigenvalue weighted by atomic mass is 10.0. The van der Waals surface area contributed by atoms with Crippen LogP contribution < -0.4 is 15.1 Å². The third-order valence-electron chi connectivity index (χ3n) is 5.69. The number of aryl methyl sites for hydroxylation is 1. The van der Waals surface area contributed by atoms with Gasteiger partial charge in [-0.25, -0.2) is 4.39 Å². The molecule has 2 aromatic rings. The molecule has 1 N–H and O–H groups in total. The fourth-order valence-corrected chi connectivity index (χ4v) is 4.18. The van der Waals surface area contributed by atoms with E-state index in [0.717, 1.165) is 37.1 Å². The molecule has 29 heavy (non-hydrogen) atoms. The Labute approximate surface area is 170 Å². The number of piperidine rings is 1. The zero-order chi connectivity index (χ0) is 20.4. The van der Waals surface area contributed by atoms with Crippen LogP contribution in [0.15, 0.2) is 42.5 Å². The molecule has 0 aromatic heterocycles. The Hall–Kier alpha value is -2.89. The number of nitrogens with zero attached hydrogens (tertiary/aromatic N) is 2. The summed E-state index contributed by atoms with van der Waals surface area (Å²) in [6, 6.07) is 12.3. The molecule has 6 heteroatoms. The van der Waals surface area contributed by atoms with Crippen LogP contribution in [0.1, 0.15) is 41.6 Å². The highest BCUT2D eigenvalue weighted by Gasteiger charge is 2.25. The maximum absolute atomic E-state index is 14.3. The van der Waals surface area contributed by atoms with Crippen molar-refractivity contribution < 1.29 is 14.0 Å². The van der Waals surface area contributed by atoms with Crippen molar-refractivity contribution in [2.45, 2.75) is 38.6 Å². The maximum atomic E-state index is 14.3. The van der Waals surface area contributed by atoms with Crippen LogP contribution in [0.3, 0.4) is 0 Å². The Morgan fingerprint density at radius 3 is 2.79 bits per heavy atom. The van der Waals surface area contributed by atoms with Gasteiger partial charge in [0.05, 0.1) is 5.69 Å². The average molecular weight is 395 g/mol. The van der Waals surface area contributed by atoms with Crippen LogP contribution in [-0.4, -0.2) is 37.5 Å². The summed E-state index contributed by atoms with van der Waals surface area (Å²) in [6.07, 6.45) is 3.16. The van der Waals surface area contributed by atoms with Gasteiger partial charge in [0.15, 0.2) is 0 Å². The Morgan fingerprint density at radius 1 is 1.14 bits per heavy atom. The van der Waals surface area contributed by atoms with Crippen molar-refractivity contribution in [3.63, 3.8) is 0 Å². The molecule has 2 saturated heterocycles. The Morgan fingerprint density at radius 2 is 2.00 bits per heavy atom. The summed E-state index contributed by atoms with van der Waals surface area (Å²) in [5.74, 6) is -0.286. The van der Waals surface area contributed by atoms with Gasteiger partial charge in [0.25, 0.3) is 5.91 Å². The van der Waals surface area contributed by atoms with Gasteiger partial charge in [0.2, 0.25) is 5.91 Å². The molecular weight excluding hydrogens is 369 g/mol. The highest BCUT2D eigenvalue weighted by Crippen LogP contribution is 2.25. The molecule has 2 aliphatic heterocycles. The molecule has 1 atom stereocenters. The van der Waals surface area contributed by atoms with Crippen LogP contribution in [0.25, 0.3) is 0 Å². The van der Waals surface area contributed by atoms with Crippen molar-refractivity contribution in [3.05, 3.63) is 59.4 Å². The van der Waals surface area contributed by atoms with Gasteiger partial charge in [-0.2, -0.15) is 0 Å². The SMILES string of the molecule is Cc1ccc(F)c(N2CCCC(NC(=O)c3cccc(N4CCCC4=O)c3)C2)c1. The molecule has 2 fully saturated rings. The zero-order valence-corrected chi connectivity index (χ0v) is 16.7. The van der Waals surface area contributed by atoms with Crippen LogP contribution >= 0.6 is 0 Å². The van der Waals surface area contributed by atoms with E-state index >= 15 is 0 Å². The summed E-state index contributed by atoms with van der Waals surface area (Å²) in [5, 5.41) is 3.09. The highest BCUT2D eigenvalue weighted by atomic mass is 19.1. The maximum Gasteiger partial charge on any atom is 0.251 e. The average Bonchev–Trinajstić information content (AvgIpc) is 3.16. The number of halogens is 1. The molecule has 2 amide bonds. The van der Waals surface area contributed by atoms with Crippen molar-refractivity contribution in [1.82, 2.24) is 5.32 Å². The predicted octanol–water partition coefficient (Wildman–Crippen LogP) is 3.66. The second kappa shape index (κ2) is 8.23. The first-order chi connectivity index (χ1) is 14.0. The molecule has 0 bridgehead atoms. The van der Waals surface area contributed by atoms with Gasteiger partial charge in [-0.3, -0.25) is 9.59 Å². The zero-order valence-electron chi connectivity index (χ0n) is 16.7. The van der Waals surface area contributed by atoms with E-state index in [1.807, 2.05) is 30.0 Å². The van der Waals surface area contributed by atoms with E-state index < -0.39 is 0 Å². The lowest BCUT2D eigenvalue weighted by Crippen LogP contribution is -2.48. The van der Waals surface area contributed by atoms with Gasteiger partial charge in [0, 0.05) is 43.3 Å². The summed E-state index contributed by atoms with van der Waals surface area (Å²) in [4.78, 5) is 28.5. The molecule has 0 spiro atoms. The standard InChI is InChI=1S/C23H26FN3O2/c1-16-9-10-20(24)21(13-16)26-11-3-6-18(15-26)25-23(29)17-5-2-7-19(14-17)27-12-4-8-22(27)28/h2,5,7,9-10,13-14,18H,3-4,6,8,11-12,15H2,1H3,(H,25,29). The second-order valence-corrected chi connectivity index (χ2v) is 7.91. The van der Waals surface area contributed by atoms with Crippen LogP contribution in [0, 0.1) is 12.7 Å². The van der Waals surface area contributed by atoms with Gasteiger partial charge < -0.3 is 15.1 Å².